The molecule has 0 saturated carbocycles. The van der Waals surface area contributed by atoms with Crippen LogP contribution in [0.2, 0.25) is 5.02 Å². The molecule has 190 valence electrons. The number of aromatic nitrogens is 2. The quantitative estimate of drug-likeness (QED) is 0.255. The van der Waals surface area contributed by atoms with Crippen LogP contribution < -0.4 is 5.32 Å². The Kier molecular flexibility index (Phi) is 9.37. The Morgan fingerprint density at radius 2 is 1.73 bits per heavy atom. The highest BCUT2D eigenvalue weighted by Crippen LogP contribution is 2.28. The molecule has 1 unspecified atom stereocenters. The lowest BCUT2D eigenvalue weighted by Gasteiger charge is -2.29. The molecule has 1 heterocycles. The topological polar surface area (TPSA) is 84.4 Å². The lowest BCUT2D eigenvalue weighted by molar-refractivity contribution is -0.139. The fourth-order valence-electron chi connectivity index (χ4n) is 3.77. The molecule has 1 atom stereocenters. The molecule has 9 heteroatoms. The molecule has 0 aliphatic carbocycles. The maximum absolute atomic E-state index is 13.1. The van der Waals surface area contributed by atoms with Crippen LogP contribution >= 0.6 is 22.9 Å². The Hall–Kier alpha value is -3.59. The normalized spacial score (nSPS) is 11.6. The standard InChI is InChI=1S/C28H27ClN4O3S/c1-20(22-11-6-3-7-12-22)33(26(35)19-36-18-21-9-4-2-5-10-21)16-15-25(34)30-28-32-31-27(37-28)23-13-8-14-24(29)17-23/h2-14,17,20H,15-16,18-19H2,1H3,(H,30,32,34). The van der Waals surface area contributed by atoms with E-state index in [4.69, 9.17) is 16.3 Å². The van der Waals surface area contributed by atoms with Crippen molar-refractivity contribution in [3.63, 3.8) is 0 Å². The molecule has 0 aliphatic rings. The Labute approximate surface area is 225 Å². The van der Waals surface area contributed by atoms with Crippen LogP contribution in [0.5, 0.6) is 0 Å². The second-order valence-corrected chi connectivity index (χ2v) is 9.79. The first-order chi connectivity index (χ1) is 18.0. The van der Waals surface area contributed by atoms with E-state index in [1.165, 1.54) is 11.3 Å². The summed E-state index contributed by atoms with van der Waals surface area (Å²) in [7, 11) is 0. The highest BCUT2D eigenvalue weighted by Gasteiger charge is 2.23. The van der Waals surface area contributed by atoms with E-state index in [-0.39, 0.29) is 37.4 Å². The van der Waals surface area contributed by atoms with Gasteiger partial charge in [0, 0.05) is 23.6 Å². The van der Waals surface area contributed by atoms with Gasteiger partial charge in [0.1, 0.15) is 11.6 Å². The van der Waals surface area contributed by atoms with Gasteiger partial charge < -0.3 is 15.0 Å². The molecule has 1 N–H and O–H groups in total. The summed E-state index contributed by atoms with van der Waals surface area (Å²) < 4.78 is 5.69. The second-order valence-electron chi connectivity index (χ2n) is 8.37. The van der Waals surface area contributed by atoms with Crippen LogP contribution in [-0.2, 0) is 20.9 Å². The monoisotopic (exact) mass is 534 g/mol. The third-order valence-corrected chi connectivity index (χ3v) is 6.85. The van der Waals surface area contributed by atoms with Crippen LogP contribution in [0.15, 0.2) is 84.9 Å². The summed E-state index contributed by atoms with van der Waals surface area (Å²) in [5.41, 5.74) is 2.80. The molecular formula is C28H27ClN4O3S. The smallest absolute Gasteiger partial charge is 0.249 e. The highest BCUT2D eigenvalue weighted by molar-refractivity contribution is 7.18. The largest absolute Gasteiger partial charge is 0.367 e. The number of hydrogen-bond donors (Lipinski definition) is 1. The Morgan fingerprint density at radius 3 is 2.46 bits per heavy atom. The van der Waals surface area contributed by atoms with Gasteiger partial charge in [0.05, 0.1) is 12.6 Å². The zero-order valence-electron chi connectivity index (χ0n) is 20.3. The summed E-state index contributed by atoms with van der Waals surface area (Å²) in [5.74, 6) is -0.434. The third kappa shape index (κ3) is 7.69. The summed E-state index contributed by atoms with van der Waals surface area (Å²) in [5, 5.41) is 12.6. The van der Waals surface area contributed by atoms with E-state index in [1.807, 2.05) is 79.7 Å². The number of amides is 2. The minimum Gasteiger partial charge on any atom is -0.367 e. The number of ether oxygens (including phenoxy) is 1. The molecule has 0 radical (unpaired) electrons. The number of halogens is 1. The number of benzene rings is 3. The van der Waals surface area contributed by atoms with Crippen LogP contribution in [0.1, 0.15) is 30.5 Å². The number of nitrogens with zero attached hydrogens (tertiary/aromatic N) is 3. The molecule has 4 aromatic rings. The van der Waals surface area contributed by atoms with Gasteiger partial charge >= 0.3 is 0 Å². The van der Waals surface area contributed by atoms with Crippen molar-refractivity contribution in [1.29, 1.82) is 0 Å². The second kappa shape index (κ2) is 13.1. The summed E-state index contributed by atoms with van der Waals surface area (Å²) in [4.78, 5) is 27.6. The number of nitrogens with one attached hydrogen (secondary N) is 1. The van der Waals surface area contributed by atoms with Gasteiger partial charge in [-0.2, -0.15) is 0 Å². The highest BCUT2D eigenvalue weighted by atomic mass is 35.5. The fourth-order valence-corrected chi connectivity index (χ4v) is 4.72. The fraction of sp³-hybridized carbons (Fsp3) is 0.214. The van der Waals surface area contributed by atoms with E-state index in [0.29, 0.717) is 21.8 Å². The van der Waals surface area contributed by atoms with Crippen molar-refractivity contribution in [3.8, 4) is 10.6 Å². The first-order valence-electron chi connectivity index (χ1n) is 11.8. The van der Waals surface area contributed by atoms with Gasteiger partial charge in [-0.3, -0.25) is 9.59 Å². The predicted molar refractivity (Wildman–Crippen MR) is 146 cm³/mol. The van der Waals surface area contributed by atoms with Crippen LogP contribution in [0.25, 0.3) is 10.6 Å². The van der Waals surface area contributed by atoms with Gasteiger partial charge in [0.25, 0.3) is 0 Å². The van der Waals surface area contributed by atoms with Crippen molar-refractivity contribution in [3.05, 3.63) is 101 Å². The summed E-state index contributed by atoms with van der Waals surface area (Å²) in [6.07, 6.45) is 0.105. The maximum atomic E-state index is 13.1. The number of carbonyl (C=O) groups excluding carboxylic acids is 2. The van der Waals surface area contributed by atoms with Crippen LogP contribution in [0.3, 0.4) is 0 Å². The van der Waals surface area contributed by atoms with Crippen molar-refractivity contribution in [2.24, 2.45) is 0 Å². The lowest BCUT2D eigenvalue weighted by atomic mass is 10.1. The molecule has 2 amide bonds. The number of anilines is 1. The molecule has 7 nitrogen and oxygen atoms in total. The first kappa shape index (κ1) is 26.5. The van der Waals surface area contributed by atoms with Gasteiger partial charge in [-0.1, -0.05) is 95.7 Å². The molecule has 0 spiro atoms. The van der Waals surface area contributed by atoms with Crippen molar-refractivity contribution in [2.75, 3.05) is 18.5 Å². The number of hydrogen-bond acceptors (Lipinski definition) is 6. The van der Waals surface area contributed by atoms with E-state index >= 15 is 0 Å². The van der Waals surface area contributed by atoms with E-state index < -0.39 is 0 Å². The zero-order chi connectivity index (χ0) is 26.0. The van der Waals surface area contributed by atoms with Crippen LogP contribution in [0, 0.1) is 0 Å². The van der Waals surface area contributed by atoms with E-state index in [1.54, 1.807) is 17.0 Å². The Morgan fingerprint density at radius 1 is 1.00 bits per heavy atom. The van der Waals surface area contributed by atoms with E-state index in [2.05, 4.69) is 15.5 Å². The molecule has 0 saturated heterocycles. The maximum Gasteiger partial charge on any atom is 0.249 e. The lowest BCUT2D eigenvalue weighted by Crippen LogP contribution is -2.38. The average molecular weight is 535 g/mol. The van der Waals surface area contributed by atoms with E-state index in [0.717, 1.165) is 16.7 Å². The number of rotatable bonds is 11. The average Bonchev–Trinajstić information content (AvgIpc) is 3.38. The van der Waals surface area contributed by atoms with Gasteiger partial charge in [-0.25, -0.2) is 0 Å². The molecule has 37 heavy (non-hydrogen) atoms. The molecule has 3 aromatic carbocycles. The summed E-state index contributed by atoms with van der Waals surface area (Å²) in [6, 6.07) is 26.5. The van der Waals surface area contributed by atoms with Gasteiger partial charge in [0.15, 0.2) is 0 Å². The minimum atomic E-state index is -0.253. The van der Waals surface area contributed by atoms with Gasteiger partial charge in [-0.15, -0.1) is 10.2 Å². The molecule has 0 bridgehead atoms. The van der Waals surface area contributed by atoms with Crippen LogP contribution in [-0.4, -0.2) is 40.1 Å². The summed E-state index contributed by atoms with van der Waals surface area (Å²) in [6.45, 7) is 2.44. The summed E-state index contributed by atoms with van der Waals surface area (Å²) >= 11 is 7.32. The van der Waals surface area contributed by atoms with Crippen molar-refractivity contribution in [1.82, 2.24) is 15.1 Å². The Bertz CT molecular complexity index is 1320. The predicted octanol–water partition coefficient (Wildman–Crippen LogP) is 5.99. The molecule has 4 rings (SSSR count). The van der Waals surface area contributed by atoms with E-state index in [9.17, 15) is 9.59 Å². The molecule has 1 aromatic heterocycles. The minimum absolute atomic E-state index is 0.0763. The van der Waals surface area contributed by atoms with Crippen molar-refractivity contribution >= 4 is 39.9 Å². The first-order valence-corrected chi connectivity index (χ1v) is 13.0. The van der Waals surface area contributed by atoms with Gasteiger partial charge in [0.2, 0.25) is 16.9 Å². The molecule has 0 aliphatic heterocycles. The SMILES string of the molecule is CC(c1ccccc1)N(CCC(=O)Nc1nnc(-c2cccc(Cl)c2)s1)C(=O)COCc1ccccc1. The molecular weight excluding hydrogens is 508 g/mol. The van der Waals surface area contributed by atoms with Crippen molar-refractivity contribution < 1.29 is 14.3 Å². The molecule has 0 fully saturated rings. The van der Waals surface area contributed by atoms with Crippen LogP contribution in [0.4, 0.5) is 5.13 Å². The Balaban J connectivity index is 1.37. The third-order valence-electron chi connectivity index (χ3n) is 5.73. The number of carbonyl (C=O) groups is 2. The zero-order valence-corrected chi connectivity index (χ0v) is 21.9. The van der Waals surface area contributed by atoms with Gasteiger partial charge in [-0.05, 0) is 30.2 Å². The van der Waals surface area contributed by atoms with Crippen molar-refractivity contribution in [2.45, 2.75) is 26.0 Å².